The van der Waals surface area contributed by atoms with Crippen molar-refractivity contribution in [1.82, 2.24) is 0 Å². The normalized spacial score (nSPS) is 13.0. The van der Waals surface area contributed by atoms with Crippen LogP contribution in [-0.2, 0) is 16.2 Å². The summed E-state index contributed by atoms with van der Waals surface area (Å²) in [6.07, 6.45) is 0. The fraction of sp³-hybridized carbons (Fsp3) is 0.0882. The SMILES string of the molecule is Cc1ccc(-c2ccc(N(c3ccccc3)c3ccc4c(c3)C(C)(C)c3cc(-c5cc6ccccc6c6ccccc56)ccc3-4)cc2)cc1.Cc1ccc(-c2ccc(N(c3ccccc3)c3ccc4c(c3)C(C)(C)c3cc(-c5ccc6ccccc6c5)ccc3-4)cc2)cc1.Cc1ccc(-c2ccc(N(c3ccccc3)c3ccc4c(c3)C(C)(C)c3cc(-c5cccc6ccccc56)ccc3-4)cc2)cc1. The molecule has 0 bridgehead atoms. The van der Waals surface area contributed by atoms with E-state index in [4.69, 9.17) is 0 Å². The number of hydrogen-bond donors (Lipinski definition) is 0. The van der Waals surface area contributed by atoms with E-state index >= 15 is 0 Å². The Labute approximate surface area is 817 Å². The fourth-order valence-corrected chi connectivity index (χ4v) is 22.0. The van der Waals surface area contributed by atoms with Gasteiger partial charge in [0.2, 0.25) is 0 Å². The first-order chi connectivity index (χ1) is 67.9. The highest BCUT2D eigenvalue weighted by Gasteiger charge is 2.40. The molecular formula is C136H107N3. The monoisotopic (exact) mass is 1780 g/mol. The zero-order valence-electron chi connectivity index (χ0n) is 80.0. The Kier molecular flexibility index (Phi) is 22.1. The third-order valence-corrected chi connectivity index (χ3v) is 29.6. The van der Waals surface area contributed by atoms with Gasteiger partial charge in [-0.3, -0.25) is 0 Å². The van der Waals surface area contributed by atoms with E-state index in [1.807, 2.05) is 0 Å². The number of anilines is 9. The van der Waals surface area contributed by atoms with E-state index in [9.17, 15) is 0 Å². The van der Waals surface area contributed by atoms with Crippen molar-refractivity contribution in [2.75, 3.05) is 14.7 Å². The molecular weight excluding hydrogens is 1680 g/mol. The number of rotatable bonds is 15. The molecule has 0 amide bonds. The summed E-state index contributed by atoms with van der Waals surface area (Å²) in [4.78, 5) is 7.13. The van der Waals surface area contributed by atoms with E-state index in [2.05, 4.69) is 562 Å². The topological polar surface area (TPSA) is 9.72 Å². The van der Waals surface area contributed by atoms with Gasteiger partial charge in [0.1, 0.15) is 0 Å². The Morgan fingerprint density at radius 2 is 0.396 bits per heavy atom. The van der Waals surface area contributed by atoms with Crippen LogP contribution in [0.4, 0.5) is 51.2 Å². The van der Waals surface area contributed by atoms with Crippen LogP contribution in [-0.4, -0.2) is 0 Å². The summed E-state index contributed by atoms with van der Waals surface area (Å²) in [6, 6.07) is 178. The van der Waals surface area contributed by atoms with Crippen molar-refractivity contribution in [1.29, 1.82) is 0 Å². The summed E-state index contributed by atoms with van der Waals surface area (Å²) in [7, 11) is 0. The van der Waals surface area contributed by atoms with Crippen molar-refractivity contribution in [2.24, 2.45) is 0 Å². The summed E-state index contributed by atoms with van der Waals surface area (Å²) >= 11 is 0. The standard InChI is InChI=1S/C48H37N.2C44H35N/c1-32-17-19-33(20-18-32)34-21-24-38(25-22-34)49(37-12-5-4-6-13-37)39-26-28-44-43-27-23-36(30-46(43)48(2,3)47(44)31-39)45-29-35-11-7-8-14-40(35)41-15-9-10-16-42(41)45;1-30-16-18-31(19-17-30)32-20-23-36(24-21-32)45(35-12-5-4-6-13-35)37-25-27-41-40-26-22-34(28-42(40)44(2,3)43(41)29-37)39-15-9-11-33-10-7-8-14-38(33)39;1-30-13-15-32(16-14-30)33-19-22-38(23-20-33)45(37-11-5-4-6-12-37)39-24-26-41-40-25-21-36(28-42(40)44(2,3)43(41)29-39)35-18-17-31-9-7-8-10-34(31)27-35/h4-31H,1-3H3;2*4-29H,1-3H3. The van der Waals surface area contributed by atoms with Gasteiger partial charge in [0.05, 0.1) is 0 Å². The Balaban J connectivity index is 0.000000117. The van der Waals surface area contributed by atoms with Gasteiger partial charge < -0.3 is 14.7 Å². The van der Waals surface area contributed by atoms with Crippen molar-refractivity contribution >= 4 is 94.3 Å². The predicted octanol–water partition coefficient (Wildman–Crippen LogP) is 37.9. The molecule has 3 aliphatic rings. The van der Waals surface area contributed by atoms with Crippen molar-refractivity contribution in [2.45, 2.75) is 78.6 Å². The zero-order valence-corrected chi connectivity index (χ0v) is 80.0. The molecule has 22 aromatic carbocycles. The Morgan fingerprint density at radius 3 is 0.799 bits per heavy atom. The van der Waals surface area contributed by atoms with Crippen molar-refractivity contribution in [3.63, 3.8) is 0 Å². The van der Waals surface area contributed by atoms with Gasteiger partial charge in [0, 0.05) is 67.4 Å². The second-order valence-corrected chi connectivity index (χ2v) is 39.4. The minimum atomic E-state index is -0.166. The first-order valence-electron chi connectivity index (χ1n) is 48.7. The molecule has 0 atom stereocenters. The maximum atomic E-state index is 2.45. The van der Waals surface area contributed by atoms with Crippen LogP contribution in [0.3, 0.4) is 0 Å². The number of nitrogens with zero attached hydrogens (tertiary/aromatic N) is 3. The lowest BCUT2D eigenvalue weighted by molar-refractivity contribution is 0.660. The van der Waals surface area contributed by atoms with Gasteiger partial charge in [-0.2, -0.15) is 0 Å². The van der Waals surface area contributed by atoms with E-state index in [1.54, 1.807) is 0 Å². The molecule has 0 aliphatic heterocycles. The summed E-state index contributed by atoms with van der Waals surface area (Å²) in [5.74, 6) is 0. The molecule has 0 radical (unpaired) electrons. The van der Waals surface area contributed by atoms with Gasteiger partial charge in [-0.15, -0.1) is 0 Å². The van der Waals surface area contributed by atoms with Crippen molar-refractivity contribution < 1.29 is 0 Å². The van der Waals surface area contributed by atoms with Crippen LogP contribution < -0.4 is 14.7 Å². The molecule has 0 saturated heterocycles. The van der Waals surface area contributed by atoms with E-state index in [-0.39, 0.29) is 16.2 Å². The second-order valence-electron chi connectivity index (χ2n) is 39.4. The van der Waals surface area contributed by atoms with Crippen molar-refractivity contribution in [3.05, 3.63) is 535 Å². The van der Waals surface area contributed by atoms with Crippen LogP contribution in [0.25, 0.3) is 143 Å². The second kappa shape index (κ2) is 35.5. The molecule has 0 fully saturated rings. The summed E-state index contributed by atoms with van der Waals surface area (Å²) in [6.45, 7) is 20.6. The zero-order chi connectivity index (χ0) is 94.2. The first kappa shape index (κ1) is 86.4. The third kappa shape index (κ3) is 16.0. The van der Waals surface area contributed by atoms with E-state index in [1.165, 1.54) is 199 Å². The molecule has 25 rings (SSSR count). The first-order valence-corrected chi connectivity index (χ1v) is 48.7. The Bertz CT molecular complexity index is 8410. The number of hydrogen-bond acceptors (Lipinski definition) is 3. The van der Waals surface area contributed by atoms with Gasteiger partial charge in [-0.25, -0.2) is 0 Å². The third-order valence-electron chi connectivity index (χ3n) is 29.6. The molecule has 0 saturated carbocycles. The molecule has 0 heterocycles. The van der Waals surface area contributed by atoms with Gasteiger partial charge >= 0.3 is 0 Å². The summed E-state index contributed by atoms with van der Waals surface area (Å²) in [5, 5.41) is 10.3. The lowest BCUT2D eigenvalue weighted by Gasteiger charge is -2.28. The largest absolute Gasteiger partial charge is 0.310 e. The molecule has 139 heavy (non-hydrogen) atoms. The fourth-order valence-electron chi connectivity index (χ4n) is 22.0. The minimum Gasteiger partial charge on any atom is -0.310 e. The molecule has 0 aromatic heterocycles. The van der Waals surface area contributed by atoms with Crippen molar-refractivity contribution in [3.8, 4) is 100 Å². The highest BCUT2D eigenvalue weighted by molar-refractivity contribution is 6.14. The van der Waals surface area contributed by atoms with E-state index < -0.39 is 0 Å². The smallest absolute Gasteiger partial charge is 0.0465 e. The maximum absolute atomic E-state index is 2.45. The number of fused-ring (bicyclic) bond motifs is 14. The number of aryl methyl sites for hydroxylation is 3. The van der Waals surface area contributed by atoms with Gasteiger partial charge in [0.25, 0.3) is 0 Å². The average molecular weight is 1780 g/mol. The Hall–Kier alpha value is -16.7. The highest BCUT2D eigenvalue weighted by atomic mass is 15.2. The van der Waals surface area contributed by atoms with Gasteiger partial charge in [-0.1, -0.05) is 404 Å². The molecule has 3 nitrogen and oxygen atoms in total. The quantitative estimate of drug-likeness (QED) is 0.0947. The molecule has 3 heteroatoms. The van der Waals surface area contributed by atoms with Crippen LogP contribution in [0.1, 0.15) is 91.6 Å². The number of para-hydroxylation sites is 3. The number of benzene rings is 22. The Morgan fingerprint density at radius 1 is 0.137 bits per heavy atom. The molecule has 3 aliphatic carbocycles. The molecule has 666 valence electrons. The van der Waals surface area contributed by atoms with Crippen LogP contribution in [0, 0.1) is 20.8 Å². The van der Waals surface area contributed by atoms with Crippen LogP contribution in [0.2, 0.25) is 0 Å². The maximum Gasteiger partial charge on any atom is 0.0465 e. The average Bonchev–Trinajstić information content (AvgIpc) is 1.58. The van der Waals surface area contributed by atoms with E-state index in [0.29, 0.717) is 0 Å². The summed E-state index contributed by atoms with van der Waals surface area (Å²) < 4.78 is 0. The minimum absolute atomic E-state index is 0.134. The predicted molar refractivity (Wildman–Crippen MR) is 593 cm³/mol. The van der Waals surface area contributed by atoms with Gasteiger partial charge in [-0.05, 0) is 337 Å². The molecule has 0 N–H and O–H groups in total. The summed E-state index contributed by atoms with van der Waals surface area (Å²) in [5.41, 5.74) is 44.9. The lowest BCUT2D eigenvalue weighted by Crippen LogP contribution is -2.16. The van der Waals surface area contributed by atoms with Crippen LogP contribution in [0.5, 0.6) is 0 Å². The van der Waals surface area contributed by atoms with Crippen LogP contribution >= 0.6 is 0 Å². The molecule has 22 aromatic rings. The van der Waals surface area contributed by atoms with Gasteiger partial charge in [0.15, 0.2) is 0 Å². The highest BCUT2D eigenvalue weighted by Crippen LogP contribution is 2.57. The lowest BCUT2D eigenvalue weighted by atomic mass is 9.81. The van der Waals surface area contributed by atoms with Crippen LogP contribution in [0.15, 0.2) is 485 Å². The molecule has 0 spiro atoms. The molecule has 0 unspecified atom stereocenters. The van der Waals surface area contributed by atoms with E-state index in [0.717, 1.165) is 45.5 Å².